The van der Waals surface area contributed by atoms with Gasteiger partial charge in [0.2, 0.25) is 0 Å². The minimum absolute atomic E-state index is 0.0239. The van der Waals surface area contributed by atoms with Crippen LogP contribution in [0.3, 0.4) is 0 Å². The van der Waals surface area contributed by atoms with Gasteiger partial charge in [-0.25, -0.2) is 19.6 Å². The molecule has 10 nitrogen and oxygen atoms in total. The smallest absolute Gasteiger partial charge is 0.319 e. The highest BCUT2D eigenvalue weighted by molar-refractivity contribution is 5.89. The van der Waals surface area contributed by atoms with Crippen LogP contribution in [0.1, 0.15) is 37.6 Å². The molecule has 10 heteroatoms. The van der Waals surface area contributed by atoms with Crippen LogP contribution in [0.15, 0.2) is 24.3 Å². The van der Waals surface area contributed by atoms with Crippen LogP contribution < -0.4 is 20.9 Å². The minimum Gasteiger partial charge on any atom is -0.377 e. The van der Waals surface area contributed by atoms with Gasteiger partial charge >= 0.3 is 12.1 Å². The van der Waals surface area contributed by atoms with Gasteiger partial charge in [-0.05, 0) is 51.0 Å². The van der Waals surface area contributed by atoms with Crippen LogP contribution in [-0.4, -0.2) is 72.4 Å². The number of benzene rings is 1. The zero-order chi connectivity index (χ0) is 23.7. The fraction of sp³-hybridized carbons (Fsp3) is 0.500. The van der Waals surface area contributed by atoms with Crippen molar-refractivity contribution in [3.05, 3.63) is 35.5 Å². The van der Waals surface area contributed by atoms with Gasteiger partial charge in [0, 0.05) is 43.0 Å². The Morgan fingerprint density at radius 1 is 1.21 bits per heavy atom. The van der Waals surface area contributed by atoms with Crippen LogP contribution in [0.25, 0.3) is 11.4 Å². The molecule has 0 aliphatic carbocycles. The van der Waals surface area contributed by atoms with Gasteiger partial charge in [0.1, 0.15) is 5.82 Å². The molecule has 180 valence electrons. The van der Waals surface area contributed by atoms with Gasteiger partial charge in [-0.3, -0.25) is 0 Å². The van der Waals surface area contributed by atoms with Crippen molar-refractivity contribution in [2.75, 3.05) is 49.6 Å². The first-order chi connectivity index (χ1) is 16.5. The average molecular weight is 466 g/mol. The van der Waals surface area contributed by atoms with E-state index in [0.29, 0.717) is 44.4 Å². The zero-order valence-corrected chi connectivity index (χ0v) is 19.6. The maximum atomic E-state index is 12.5. The van der Waals surface area contributed by atoms with Crippen molar-refractivity contribution < 1.29 is 14.3 Å². The van der Waals surface area contributed by atoms with E-state index >= 15 is 0 Å². The van der Waals surface area contributed by atoms with E-state index < -0.39 is 0 Å². The Labute approximate surface area is 199 Å². The first-order valence-corrected chi connectivity index (χ1v) is 12.0. The molecule has 0 spiro atoms. The Kier molecular flexibility index (Phi) is 6.23. The molecule has 0 radical (unpaired) electrons. The molecule has 2 aromatic rings. The topological polar surface area (TPSA) is 112 Å². The number of carbonyl (C=O) groups is 2. The molecule has 1 aromatic carbocycles. The molecule has 0 bridgehead atoms. The number of urea groups is 2. The van der Waals surface area contributed by atoms with E-state index in [9.17, 15) is 9.59 Å². The Morgan fingerprint density at radius 3 is 2.79 bits per heavy atom. The van der Waals surface area contributed by atoms with Crippen molar-refractivity contribution in [3.63, 3.8) is 0 Å². The number of nitrogens with one attached hydrogen (secondary N) is 3. The molecular weight excluding hydrogens is 434 g/mol. The van der Waals surface area contributed by atoms with Crippen molar-refractivity contribution >= 4 is 23.6 Å². The lowest BCUT2D eigenvalue weighted by atomic mass is 9.93. The van der Waals surface area contributed by atoms with E-state index in [1.807, 2.05) is 36.1 Å². The lowest BCUT2D eigenvalue weighted by Gasteiger charge is -2.42. The monoisotopic (exact) mass is 465 g/mol. The van der Waals surface area contributed by atoms with E-state index in [1.165, 1.54) is 0 Å². The van der Waals surface area contributed by atoms with Crippen molar-refractivity contribution in [3.8, 4) is 11.4 Å². The fourth-order valence-corrected chi connectivity index (χ4v) is 4.94. The summed E-state index contributed by atoms with van der Waals surface area (Å²) in [5.41, 5.74) is 3.65. The second kappa shape index (κ2) is 9.46. The first kappa shape index (κ1) is 22.4. The zero-order valence-electron chi connectivity index (χ0n) is 19.6. The molecule has 1 aromatic heterocycles. The summed E-state index contributed by atoms with van der Waals surface area (Å²) in [7, 11) is 0. The van der Waals surface area contributed by atoms with Gasteiger partial charge in [0.15, 0.2) is 5.82 Å². The van der Waals surface area contributed by atoms with E-state index in [0.717, 1.165) is 42.0 Å². The van der Waals surface area contributed by atoms with Gasteiger partial charge in [-0.2, -0.15) is 0 Å². The predicted octanol–water partition coefficient (Wildman–Crippen LogP) is 2.52. The van der Waals surface area contributed by atoms with E-state index in [1.54, 1.807) is 0 Å². The third-order valence-corrected chi connectivity index (χ3v) is 6.64. The number of rotatable bonds is 4. The summed E-state index contributed by atoms with van der Waals surface area (Å²) in [5, 5.41) is 8.49. The summed E-state index contributed by atoms with van der Waals surface area (Å²) < 4.78 is 5.67. The molecule has 3 aliphatic rings. The molecule has 2 fully saturated rings. The lowest BCUT2D eigenvalue weighted by molar-refractivity contribution is 0.0982. The average Bonchev–Trinajstić information content (AvgIpc) is 2.84. The number of ether oxygens (including phenoxy) is 1. The molecular formula is C24H31N7O3. The number of fused-ring (bicyclic) bond motifs is 3. The molecule has 3 N–H and O–H groups in total. The summed E-state index contributed by atoms with van der Waals surface area (Å²) in [5.74, 6) is 1.58. The minimum atomic E-state index is -0.237. The van der Waals surface area contributed by atoms with E-state index in [4.69, 9.17) is 14.7 Å². The first-order valence-electron chi connectivity index (χ1n) is 12.0. The summed E-state index contributed by atoms with van der Waals surface area (Å²) in [6, 6.07) is 7.44. The van der Waals surface area contributed by atoms with E-state index in [-0.39, 0.29) is 24.1 Å². The summed E-state index contributed by atoms with van der Waals surface area (Å²) in [6.45, 7) is 7.99. The predicted molar refractivity (Wildman–Crippen MR) is 129 cm³/mol. The highest BCUT2D eigenvalue weighted by atomic mass is 16.5. The Hall–Kier alpha value is -3.40. The maximum absolute atomic E-state index is 12.5. The molecule has 2 atom stereocenters. The Morgan fingerprint density at radius 2 is 2.03 bits per heavy atom. The van der Waals surface area contributed by atoms with Gasteiger partial charge < -0.3 is 30.5 Å². The van der Waals surface area contributed by atoms with Crippen molar-refractivity contribution in [2.24, 2.45) is 0 Å². The number of nitrogens with zero attached hydrogens (tertiary/aromatic N) is 4. The van der Waals surface area contributed by atoms with Gasteiger partial charge in [-0.1, -0.05) is 0 Å². The molecule has 4 amide bonds. The second-order valence-corrected chi connectivity index (χ2v) is 8.89. The highest BCUT2D eigenvalue weighted by Gasteiger charge is 2.38. The molecule has 5 rings (SSSR count). The van der Waals surface area contributed by atoms with Crippen LogP contribution in [0, 0.1) is 0 Å². The van der Waals surface area contributed by atoms with Crippen molar-refractivity contribution in [1.29, 1.82) is 0 Å². The van der Waals surface area contributed by atoms with Gasteiger partial charge in [0.05, 0.1) is 31.0 Å². The number of hydrogen-bond donors (Lipinski definition) is 3. The SMILES string of the molecule is CCNC(=O)Nc1ccc(-c2nc3c(c(N4CCOC[C@@H]4C)n2)CCN2C(=O)NCC[C@H]32)cc1. The van der Waals surface area contributed by atoms with Crippen LogP contribution in [0.2, 0.25) is 0 Å². The third-order valence-electron chi connectivity index (χ3n) is 6.64. The molecule has 4 heterocycles. The number of amides is 4. The number of morpholine rings is 1. The van der Waals surface area contributed by atoms with Crippen LogP contribution in [0.4, 0.5) is 21.1 Å². The summed E-state index contributed by atoms with van der Waals surface area (Å²) >= 11 is 0. The number of hydrogen-bond acceptors (Lipinski definition) is 6. The van der Waals surface area contributed by atoms with Gasteiger partial charge in [0.25, 0.3) is 0 Å². The van der Waals surface area contributed by atoms with Crippen LogP contribution >= 0.6 is 0 Å². The van der Waals surface area contributed by atoms with Crippen LogP contribution in [0.5, 0.6) is 0 Å². The normalized spacial score (nSPS) is 21.9. The Balaban J connectivity index is 1.54. The molecule has 0 unspecified atom stereocenters. The van der Waals surface area contributed by atoms with Crippen LogP contribution in [-0.2, 0) is 11.2 Å². The summed E-state index contributed by atoms with van der Waals surface area (Å²) in [6.07, 6.45) is 1.55. The third kappa shape index (κ3) is 4.25. The number of carbonyl (C=O) groups excluding carboxylic acids is 2. The van der Waals surface area contributed by atoms with Gasteiger partial charge in [-0.15, -0.1) is 0 Å². The Bertz CT molecular complexity index is 1070. The fourth-order valence-electron chi connectivity index (χ4n) is 4.94. The summed E-state index contributed by atoms with van der Waals surface area (Å²) in [4.78, 5) is 38.6. The quantitative estimate of drug-likeness (QED) is 0.640. The molecule has 34 heavy (non-hydrogen) atoms. The number of anilines is 2. The lowest BCUT2D eigenvalue weighted by Crippen LogP contribution is -2.52. The molecule has 0 saturated carbocycles. The molecule has 3 aliphatic heterocycles. The molecule has 2 saturated heterocycles. The highest BCUT2D eigenvalue weighted by Crippen LogP contribution is 2.38. The maximum Gasteiger partial charge on any atom is 0.319 e. The van der Waals surface area contributed by atoms with Crippen molar-refractivity contribution in [1.82, 2.24) is 25.5 Å². The van der Waals surface area contributed by atoms with Crippen molar-refractivity contribution in [2.45, 2.75) is 38.8 Å². The number of aromatic nitrogens is 2. The second-order valence-electron chi connectivity index (χ2n) is 8.89. The van der Waals surface area contributed by atoms with E-state index in [2.05, 4.69) is 27.8 Å². The largest absolute Gasteiger partial charge is 0.377 e. The standard InChI is InChI=1S/C24H31N7O3/c1-3-25-23(32)27-17-6-4-16(5-7-17)21-28-20-18(9-11-31-19(20)8-10-26-24(31)33)22(29-21)30-12-13-34-14-15(30)2/h4-7,15,19H,3,8-14H2,1-2H3,(H,26,33)(H2,25,27,32)/t15-,19+/m0/s1.